The van der Waals surface area contributed by atoms with E-state index in [1.807, 2.05) is 24.3 Å². The van der Waals surface area contributed by atoms with Gasteiger partial charge >= 0.3 is 0 Å². The first-order valence-corrected chi connectivity index (χ1v) is 8.77. The Kier molecular flexibility index (Phi) is 4.90. The highest BCUT2D eigenvalue weighted by molar-refractivity contribution is 9.10. The van der Waals surface area contributed by atoms with Crippen molar-refractivity contribution in [2.45, 2.75) is 17.7 Å². The fraction of sp³-hybridized carbons (Fsp3) is 0.111. The first-order chi connectivity index (χ1) is 10.7. The maximum absolute atomic E-state index is 4.36. The molecule has 0 unspecified atom stereocenters. The standard InChI is InChI=1S/C18H15BrN2S/c1-13-4-2-3-5-16(13)17-10-11-18(21-20-17)22-12-14-6-8-15(19)9-7-14/h2-11H,12H2,1H3. The summed E-state index contributed by atoms with van der Waals surface area (Å²) in [6.45, 7) is 2.09. The Bertz CT molecular complexity index is 755. The van der Waals surface area contributed by atoms with Gasteiger partial charge in [0.2, 0.25) is 0 Å². The van der Waals surface area contributed by atoms with Crippen LogP contribution in [0.3, 0.4) is 0 Å². The number of thioether (sulfide) groups is 1. The Morgan fingerprint density at radius 2 is 1.68 bits per heavy atom. The SMILES string of the molecule is Cc1ccccc1-c1ccc(SCc2ccc(Br)cc2)nn1. The average Bonchev–Trinajstić information content (AvgIpc) is 2.55. The van der Waals surface area contributed by atoms with E-state index in [1.165, 1.54) is 11.1 Å². The fourth-order valence-corrected chi connectivity index (χ4v) is 3.17. The lowest BCUT2D eigenvalue weighted by atomic mass is 10.1. The molecular weight excluding hydrogens is 356 g/mol. The van der Waals surface area contributed by atoms with Gasteiger partial charge in [-0.05, 0) is 42.3 Å². The number of halogens is 1. The minimum atomic E-state index is 0.895. The third kappa shape index (κ3) is 3.76. The summed E-state index contributed by atoms with van der Waals surface area (Å²) in [5.74, 6) is 0.895. The number of hydrogen-bond donors (Lipinski definition) is 0. The van der Waals surface area contributed by atoms with Crippen molar-refractivity contribution in [1.29, 1.82) is 0 Å². The molecule has 0 aliphatic carbocycles. The molecule has 0 fully saturated rings. The highest BCUT2D eigenvalue weighted by Gasteiger charge is 2.04. The number of aromatic nitrogens is 2. The molecule has 0 N–H and O–H groups in total. The van der Waals surface area contributed by atoms with Gasteiger partial charge < -0.3 is 0 Å². The van der Waals surface area contributed by atoms with E-state index in [0.29, 0.717) is 0 Å². The second-order valence-corrected chi connectivity index (χ2v) is 6.90. The van der Waals surface area contributed by atoms with E-state index in [0.717, 1.165) is 26.5 Å². The number of hydrogen-bond acceptors (Lipinski definition) is 3. The van der Waals surface area contributed by atoms with Gasteiger partial charge in [-0.3, -0.25) is 0 Å². The molecule has 2 aromatic carbocycles. The highest BCUT2D eigenvalue weighted by Crippen LogP contribution is 2.24. The molecule has 1 heterocycles. The summed E-state index contributed by atoms with van der Waals surface area (Å²) in [6, 6.07) is 20.7. The third-order valence-corrected chi connectivity index (χ3v) is 4.88. The van der Waals surface area contributed by atoms with Crippen LogP contribution in [0.15, 0.2) is 70.2 Å². The van der Waals surface area contributed by atoms with Gasteiger partial charge in [-0.1, -0.05) is 64.1 Å². The van der Waals surface area contributed by atoms with Crippen LogP contribution in [-0.4, -0.2) is 10.2 Å². The predicted octanol–water partition coefficient (Wildman–Crippen LogP) is 5.51. The highest BCUT2D eigenvalue weighted by atomic mass is 79.9. The van der Waals surface area contributed by atoms with Gasteiger partial charge in [0.05, 0.1) is 5.69 Å². The molecule has 2 nitrogen and oxygen atoms in total. The van der Waals surface area contributed by atoms with Gasteiger partial charge in [0.1, 0.15) is 5.03 Å². The topological polar surface area (TPSA) is 25.8 Å². The smallest absolute Gasteiger partial charge is 0.119 e. The molecule has 0 saturated heterocycles. The summed E-state index contributed by atoms with van der Waals surface area (Å²) >= 11 is 5.15. The summed E-state index contributed by atoms with van der Waals surface area (Å²) in [4.78, 5) is 0. The largest absolute Gasteiger partial charge is 0.149 e. The van der Waals surface area contributed by atoms with E-state index in [2.05, 4.69) is 69.4 Å². The van der Waals surface area contributed by atoms with E-state index in [1.54, 1.807) is 11.8 Å². The second kappa shape index (κ2) is 7.07. The molecule has 0 spiro atoms. The molecule has 3 rings (SSSR count). The zero-order valence-electron chi connectivity index (χ0n) is 12.2. The zero-order valence-corrected chi connectivity index (χ0v) is 14.6. The Morgan fingerprint density at radius 1 is 0.909 bits per heavy atom. The van der Waals surface area contributed by atoms with Gasteiger partial charge in [0.25, 0.3) is 0 Å². The van der Waals surface area contributed by atoms with E-state index in [-0.39, 0.29) is 0 Å². The van der Waals surface area contributed by atoms with Crippen molar-refractivity contribution in [1.82, 2.24) is 10.2 Å². The molecule has 4 heteroatoms. The minimum absolute atomic E-state index is 0.895. The van der Waals surface area contributed by atoms with Crippen LogP contribution in [-0.2, 0) is 5.75 Å². The molecule has 0 bridgehead atoms. The quantitative estimate of drug-likeness (QED) is 0.566. The number of benzene rings is 2. The van der Waals surface area contributed by atoms with Crippen LogP contribution in [0, 0.1) is 6.92 Å². The monoisotopic (exact) mass is 370 g/mol. The summed E-state index contributed by atoms with van der Waals surface area (Å²) < 4.78 is 1.10. The summed E-state index contributed by atoms with van der Waals surface area (Å²) in [5, 5.41) is 9.64. The molecule has 0 saturated carbocycles. The Labute approximate surface area is 143 Å². The first-order valence-electron chi connectivity index (χ1n) is 6.99. The van der Waals surface area contributed by atoms with Crippen LogP contribution >= 0.6 is 27.7 Å². The Hall–Kier alpha value is -1.65. The average molecular weight is 371 g/mol. The molecule has 22 heavy (non-hydrogen) atoms. The van der Waals surface area contributed by atoms with Crippen LogP contribution in [0.5, 0.6) is 0 Å². The van der Waals surface area contributed by atoms with Gasteiger partial charge in [-0.15, -0.1) is 10.2 Å². The van der Waals surface area contributed by atoms with Crippen molar-refractivity contribution in [2.75, 3.05) is 0 Å². The summed E-state index contributed by atoms with van der Waals surface area (Å²) in [5.41, 5.74) is 4.55. The molecule has 1 aromatic heterocycles. The van der Waals surface area contributed by atoms with Crippen molar-refractivity contribution < 1.29 is 0 Å². The lowest BCUT2D eigenvalue weighted by Crippen LogP contribution is -1.91. The van der Waals surface area contributed by atoms with Crippen molar-refractivity contribution in [3.63, 3.8) is 0 Å². The van der Waals surface area contributed by atoms with Crippen LogP contribution < -0.4 is 0 Å². The maximum Gasteiger partial charge on any atom is 0.119 e. The maximum atomic E-state index is 4.36. The molecule has 0 amide bonds. The molecule has 3 aromatic rings. The van der Waals surface area contributed by atoms with E-state index in [4.69, 9.17) is 0 Å². The number of aryl methyl sites for hydroxylation is 1. The van der Waals surface area contributed by atoms with E-state index in [9.17, 15) is 0 Å². The molecular formula is C18H15BrN2S. The van der Waals surface area contributed by atoms with Crippen molar-refractivity contribution in [3.05, 3.63) is 76.3 Å². The van der Waals surface area contributed by atoms with E-state index < -0.39 is 0 Å². The fourth-order valence-electron chi connectivity index (χ4n) is 2.14. The molecule has 0 aliphatic heterocycles. The van der Waals surface area contributed by atoms with Crippen LogP contribution in [0.1, 0.15) is 11.1 Å². The van der Waals surface area contributed by atoms with Crippen LogP contribution in [0.2, 0.25) is 0 Å². The molecule has 0 atom stereocenters. The lowest BCUT2D eigenvalue weighted by Gasteiger charge is -2.05. The normalized spacial score (nSPS) is 10.6. The van der Waals surface area contributed by atoms with Crippen molar-refractivity contribution in [2.24, 2.45) is 0 Å². The summed E-state index contributed by atoms with van der Waals surface area (Å²) in [7, 11) is 0. The Balaban J connectivity index is 1.69. The molecule has 0 aliphatic rings. The zero-order chi connectivity index (χ0) is 15.4. The number of rotatable bonds is 4. The van der Waals surface area contributed by atoms with Crippen LogP contribution in [0.4, 0.5) is 0 Å². The third-order valence-electron chi connectivity index (χ3n) is 3.36. The predicted molar refractivity (Wildman–Crippen MR) is 95.9 cm³/mol. The van der Waals surface area contributed by atoms with Gasteiger partial charge in [-0.2, -0.15) is 0 Å². The van der Waals surface area contributed by atoms with Gasteiger partial charge in [-0.25, -0.2) is 0 Å². The second-order valence-electron chi connectivity index (χ2n) is 4.99. The van der Waals surface area contributed by atoms with E-state index >= 15 is 0 Å². The number of nitrogens with zero attached hydrogens (tertiary/aromatic N) is 2. The van der Waals surface area contributed by atoms with Crippen molar-refractivity contribution >= 4 is 27.7 Å². The lowest BCUT2D eigenvalue weighted by molar-refractivity contribution is 0.934. The van der Waals surface area contributed by atoms with Gasteiger partial charge in [0.15, 0.2) is 0 Å². The van der Waals surface area contributed by atoms with Gasteiger partial charge in [0, 0.05) is 15.8 Å². The Morgan fingerprint density at radius 3 is 2.36 bits per heavy atom. The van der Waals surface area contributed by atoms with Crippen molar-refractivity contribution in [3.8, 4) is 11.3 Å². The molecule has 0 radical (unpaired) electrons. The van der Waals surface area contributed by atoms with Crippen LogP contribution in [0.25, 0.3) is 11.3 Å². The minimum Gasteiger partial charge on any atom is -0.149 e. The molecule has 110 valence electrons. The summed E-state index contributed by atoms with van der Waals surface area (Å²) in [6.07, 6.45) is 0. The first kappa shape index (κ1) is 15.3.